The maximum absolute atomic E-state index is 5.69. The Morgan fingerprint density at radius 1 is 1.27 bits per heavy atom. The molecule has 0 nitrogen and oxygen atoms in total. The zero-order chi connectivity index (χ0) is 8.10. The van der Waals surface area contributed by atoms with Gasteiger partial charge in [-0.1, -0.05) is 39.4 Å². The third kappa shape index (κ3) is 2.96. The molecule has 0 aliphatic rings. The fourth-order valence-electron chi connectivity index (χ4n) is 0.669. The largest absolute Gasteiger partial charge is 0.0863 e. The Kier molecular flexibility index (Phi) is 3.48. The molecule has 0 heterocycles. The number of alkyl halides is 1. The van der Waals surface area contributed by atoms with E-state index in [1.807, 2.05) is 24.3 Å². The van der Waals surface area contributed by atoms with Crippen molar-refractivity contribution in [2.75, 3.05) is 5.33 Å². The average Bonchev–Trinajstić information content (AvgIpc) is 2.04. The van der Waals surface area contributed by atoms with Crippen LogP contribution in [-0.4, -0.2) is 5.33 Å². The SMILES string of the molecule is Clc1ccc(C#CCBr)cc1. The van der Waals surface area contributed by atoms with Crippen molar-refractivity contribution in [3.63, 3.8) is 0 Å². The van der Waals surface area contributed by atoms with Crippen molar-refractivity contribution in [3.8, 4) is 11.8 Å². The molecular weight excluding hydrogens is 223 g/mol. The Morgan fingerprint density at radius 2 is 1.91 bits per heavy atom. The average molecular weight is 230 g/mol. The van der Waals surface area contributed by atoms with Crippen molar-refractivity contribution >= 4 is 27.5 Å². The lowest BCUT2D eigenvalue weighted by Crippen LogP contribution is -1.72. The lowest BCUT2D eigenvalue weighted by Gasteiger charge is -1.88. The smallest absolute Gasteiger partial charge is 0.0649 e. The van der Waals surface area contributed by atoms with Crippen LogP contribution in [0.15, 0.2) is 24.3 Å². The molecule has 0 aliphatic carbocycles. The summed E-state index contributed by atoms with van der Waals surface area (Å²) in [5, 5.41) is 1.45. The quantitative estimate of drug-likeness (QED) is 0.474. The van der Waals surface area contributed by atoms with Crippen LogP contribution in [0.2, 0.25) is 5.02 Å². The van der Waals surface area contributed by atoms with Gasteiger partial charge in [0, 0.05) is 10.6 Å². The summed E-state index contributed by atoms with van der Waals surface area (Å²) in [7, 11) is 0. The van der Waals surface area contributed by atoms with Gasteiger partial charge in [0.2, 0.25) is 0 Å². The minimum atomic E-state index is 0.704. The molecule has 2 heteroatoms. The molecule has 1 aromatic rings. The van der Waals surface area contributed by atoms with Crippen LogP contribution in [0, 0.1) is 11.8 Å². The summed E-state index contributed by atoms with van der Waals surface area (Å²) in [5.41, 5.74) is 0.994. The van der Waals surface area contributed by atoms with E-state index in [-0.39, 0.29) is 0 Å². The van der Waals surface area contributed by atoms with Crippen LogP contribution >= 0.6 is 27.5 Å². The zero-order valence-corrected chi connectivity index (χ0v) is 8.11. The molecule has 11 heavy (non-hydrogen) atoms. The number of hydrogen-bond acceptors (Lipinski definition) is 0. The van der Waals surface area contributed by atoms with E-state index in [0.717, 1.165) is 10.6 Å². The summed E-state index contributed by atoms with van der Waals surface area (Å²) in [4.78, 5) is 0. The van der Waals surface area contributed by atoms with Crippen LogP contribution in [0.1, 0.15) is 5.56 Å². The normalized spacial score (nSPS) is 8.55. The van der Waals surface area contributed by atoms with Crippen molar-refractivity contribution in [2.24, 2.45) is 0 Å². The van der Waals surface area contributed by atoms with E-state index < -0.39 is 0 Å². The lowest BCUT2D eigenvalue weighted by atomic mass is 10.2. The maximum Gasteiger partial charge on any atom is 0.0649 e. The summed E-state index contributed by atoms with van der Waals surface area (Å²) in [5.74, 6) is 5.87. The minimum Gasteiger partial charge on any atom is -0.0863 e. The summed E-state index contributed by atoms with van der Waals surface area (Å²) in [6, 6.07) is 7.47. The zero-order valence-electron chi connectivity index (χ0n) is 5.77. The number of hydrogen-bond donors (Lipinski definition) is 0. The van der Waals surface area contributed by atoms with E-state index in [1.165, 1.54) is 0 Å². The van der Waals surface area contributed by atoms with Crippen molar-refractivity contribution in [3.05, 3.63) is 34.9 Å². The molecular formula is C9H6BrCl. The molecule has 0 aromatic heterocycles. The monoisotopic (exact) mass is 228 g/mol. The first-order valence-electron chi connectivity index (χ1n) is 3.13. The molecule has 56 valence electrons. The van der Waals surface area contributed by atoms with Gasteiger partial charge in [0.15, 0.2) is 0 Å². The van der Waals surface area contributed by atoms with E-state index in [9.17, 15) is 0 Å². The molecule has 0 bridgehead atoms. The molecule has 0 saturated carbocycles. The molecule has 0 aliphatic heterocycles. The van der Waals surface area contributed by atoms with Crippen LogP contribution in [-0.2, 0) is 0 Å². The first-order valence-corrected chi connectivity index (χ1v) is 4.63. The van der Waals surface area contributed by atoms with Gasteiger partial charge in [-0.05, 0) is 24.3 Å². The second kappa shape index (κ2) is 4.43. The van der Waals surface area contributed by atoms with Crippen LogP contribution in [0.25, 0.3) is 0 Å². The number of rotatable bonds is 0. The molecule has 0 amide bonds. The second-order valence-electron chi connectivity index (χ2n) is 1.94. The highest BCUT2D eigenvalue weighted by atomic mass is 79.9. The predicted octanol–water partition coefficient (Wildman–Crippen LogP) is 3.09. The van der Waals surface area contributed by atoms with Crippen molar-refractivity contribution in [1.82, 2.24) is 0 Å². The molecule has 0 radical (unpaired) electrons. The first kappa shape index (κ1) is 8.64. The fourth-order valence-corrected chi connectivity index (χ4v) is 0.935. The van der Waals surface area contributed by atoms with Gasteiger partial charge in [-0.2, -0.15) is 0 Å². The molecule has 0 unspecified atom stereocenters. The van der Waals surface area contributed by atoms with Gasteiger partial charge in [0.25, 0.3) is 0 Å². The Bertz CT molecular complexity index is 279. The van der Waals surface area contributed by atoms with Crippen molar-refractivity contribution in [1.29, 1.82) is 0 Å². The van der Waals surface area contributed by atoms with Crippen LogP contribution < -0.4 is 0 Å². The first-order chi connectivity index (χ1) is 5.33. The van der Waals surface area contributed by atoms with Gasteiger partial charge in [-0.3, -0.25) is 0 Å². The van der Waals surface area contributed by atoms with Gasteiger partial charge in [-0.25, -0.2) is 0 Å². The number of benzene rings is 1. The lowest BCUT2D eigenvalue weighted by molar-refractivity contribution is 1.64. The Balaban J connectivity index is 2.82. The third-order valence-corrected chi connectivity index (χ3v) is 1.68. The topological polar surface area (TPSA) is 0 Å². The molecule has 1 rings (SSSR count). The molecule has 0 fully saturated rings. The summed E-state index contributed by atoms with van der Waals surface area (Å²) < 4.78 is 0. The minimum absolute atomic E-state index is 0.704. The van der Waals surface area contributed by atoms with E-state index in [1.54, 1.807) is 0 Å². The van der Waals surface area contributed by atoms with Crippen LogP contribution in [0.5, 0.6) is 0 Å². The Morgan fingerprint density at radius 3 is 2.45 bits per heavy atom. The van der Waals surface area contributed by atoms with Crippen LogP contribution in [0.3, 0.4) is 0 Å². The van der Waals surface area contributed by atoms with Gasteiger partial charge in [0.1, 0.15) is 0 Å². The van der Waals surface area contributed by atoms with E-state index in [0.29, 0.717) is 5.33 Å². The summed E-state index contributed by atoms with van der Waals surface area (Å²) >= 11 is 8.91. The van der Waals surface area contributed by atoms with E-state index in [2.05, 4.69) is 27.8 Å². The van der Waals surface area contributed by atoms with Gasteiger partial charge in [-0.15, -0.1) is 0 Å². The fraction of sp³-hybridized carbons (Fsp3) is 0.111. The van der Waals surface area contributed by atoms with Gasteiger partial charge >= 0.3 is 0 Å². The molecule has 0 spiro atoms. The predicted molar refractivity (Wildman–Crippen MR) is 52.1 cm³/mol. The Hall–Kier alpha value is -0.450. The summed E-state index contributed by atoms with van der Waals surface area (Å²) in [6.07, 6.45) is 0. The molecule has 0 N–H and O–H groups in total. The molecule has 0 saturated heterocycles. The highest BCUT2D eigenvalue weighted by molar-refractivity contribution is 9.09. The second-order valence-corrected chi connectivity index (χ2v) is 2.94. The Labute approximate surface area is 79.7 Å². The maximum atomic E-state index is 5.69. The van der Waals surface area contributed by atoms with Crippen molar-refractivity contribution in [2.45, 2.75) is 0 Å². The van der Waals surface area contributed by atoms with Gasteiger partial charge in [0.05, 0.1) is 5.33 Å². The van der Waals surface area contributed by atoms with Crippen LogP contribution in [0.4, 0.5) is 0 Å². The molecule has 0 atom stereocenters. The van der Waals surface area contributed by atoms with Gasteiger partial charge < -0.3 is 0 Å². The van der Waals surface area contributed by atoms with E-state index in [4.69, 9.17) is 11.6 Å². The third-order valence-electron chi connectivity index (χ3n) is 1.14. The summed E-state index contributed by atoms with van der Waals surface area (Å²) in [6.45, 7) is 0. The highest BCUT2D eigenvalue weighted by Crippen LogP contribution is 2.08. The number of halogens is 2. The van der Waals surface area contributed by atoms with E-state index >= 15 is 0 Å². The standard InChI is InChI=1S/C9H6BrCl/c10-7-1-2-8-3-5-9(11)6-4-8/h3-6H,7H2. The highest BCUT2D eigenvalue weighted by Gasteiger charge is 1.85. The van der Waals surface area contributed by atoms with Crippen molar-refractivity contribution < 1.29 is 0 Å². The molecule has 1 aromatic carbocycles.